The summed E-state index contributed by atoms with van der Waals surface area (Å²) in [6.07, 6.45) is 3.38. The molecular weight excluding hydrogens is 226 g/mol. The quantitative estimate of drug-likeness (QED) is 0.823. The number of anilines is 1. The number of aromatic nitrogens is 2. The van der Waals surface area contributed by atoms with Gasteiger partial charge in [-0.3, -0.25) is 4.79 Å². The van der Waals surface area contributed by atoms with E-state index in [4.69, 9.17) is 0 Å². The number of rotatable bonds is 4. The Balaban J connectivity index is 2.24. The molecule has 0 fully saturated rings. The highest BCUT2D eigenvalue weighted by molar-refractivity contribution is 5.36. The van der Waals surface area contributed by atoms with Crippen molar-refractivity contribution in [3.05, 3.63) is 58.6 Å². The minimum Gasteiger partial charge on any atom is -0.351 e. The first kappa shape index (κ1) is 12.4. The van der Waals surface area contributed by atoms with Gasteiger partial charge in [-0.1, -0.05) is 30.3 Å². The Morgan fingerprint density at radius 2 is 2.00 bits per heavy atom. The summed E-state index contributed by atoms with van der Waals surface area (Å²) in [6.45, 7) is 3.28. The predicted molar refractivity (Wildman–Crippen MR) is 72.7 cm³/mol. The second kappa shape index (κ2) is 5.49. The minimum atomic E-state index is -0.0431. The minimum absolute atomic E-state index is 0.0431. The number of aryl methyl sites for hydroxylation is 1. The maximum atomic E-state index is 12.1. The van der Waals surface area contributed by atoms with Gasteiger partial charge in [0.1, 0.15) is 0 Å². The van der Waals surface area contributed by atoms with Crippen LogP contribution in [-0.4, -0.2) is 16.6 Å². The third kappa shape index (κ3) is 2.59. The fourth-order valence-electron chi connectivity index (χ4n) is 1.88. The highest BCUT2D eigenvalue weighted by Gasteiger charge is 2.09. The molecular formula is C14H17N3O. The van der Waals surface area contributed by atoms with Crippen LogP contribution in [0.3, 0.4) is 0 Å². The van der Waals surface area contributed by atoms with Crippen molar-refractivity contribution in [3.63, 3.8) is 0 Å². The molecule has 1 aromatic heterocycles. The van der Waals surface area contributed by atoms with Gasteiger partial charge in [-0.25, -0.2) is 4.98 Å². The SMILES string of the molecule is CCn1ccnc(N(C)Cc2ccccc2)c1=O. The van der Waals surface area contributed by atoms with Crippen LogP contribution in [0.15, 0.2) is 47.5 Å². The monoisotopic (exact) mass is 243 g/mol. The van der Waals surface area contributed by atoms with Gasteiger partial charge >= 0.3 is 0 Å². The lowest BCUT2D eigenvalue weighted by atomic mass is 10.2. The molecule has 0 bridgehead atoms. The average molecular weight is 243 g/mol. The van der Waals surface area contributed by atoms with Crippen molar-refractivity contribution < 1.29 is 0 Å². The second-order valence-electron chi connectivity index (χ2n) is 4.18. The summed E-state index contributed by atoms with van der Waals surface area (Å²) in [7, 11) is 1.89. The first-order valence-corrected chi connectivity index (χ1v) is 6.03. The summed E-state index contributed by atoms with van der Waals surface area (Å²) in [5.74, 6) is 0.489. The van der Waals surface area contributed by atoms with E-state index in [0.717, 1.165) is 5.56 Å². The summed E-state index contributed by atoms with van der Waals surface area (Å²) in [4.78, 5) is 18.1. The van der Waals surface area contributed by atoms with Crippen LogP contribution in [0.25, 0.3) is 0 Å². The van der Waals surface area contributed by atoms with Crippen molar-refractivity contribution >= 4 is 5.82 Å². The van der Waals surface area contributed by atoms with Crippen LogP contribution in [0.1, 0.15) is 12.5 Å². The zero-order valence-electron chi connectivity index (χ0n) is 10.7. The van der Waals surface area contributed by atoms with Gasteiger partial charge in [0.05, 0.1) is 0 Å². The smallest absolute Gasteiger partial charge is 0.293 e. The summed E-state index contributed by atoms with van der Waals surface area (Å²) in [5.41, 5.74) is 1.12. The van der Waals surface area contributed by atoms with Crippen LogP contribution in [0, 0.1) is 0 Å². The summed E-state index contributed by atoms with van der Waals surface area (Å²) in [5, 5.41) is 0. The van der Waals surface area contributed by atoms with E-state index in [1.54, 1.807) is 17.0 Å². The molecule has 94 valence electrons. The van der Waals surface area contributed by atoms with Crippen LogP contribution in [0.4, 0.5) is 5.82 Å². The zero-order valence-corrected chi connectivity index (χ0v) is 10.7. The molecule has 2 rings (SSSR count). The zero-order chi connectivity index (χ0) is 13.0. The summed E-state index contributed by atoms with van der Waals surface area (Å²) in [6, 6.07) is 10.0. The lowest BCUT2D eigenvalue weighted by Gasteiger charge is -2.18. The third-order valence-corrected chi connectivity index (χ3v) is 2.86. The maximum Gasteiger partial charge on any atom is 0.293 e. The van der Waals surface area contributed by atoms with E-state index in [1.807, 2.05) is 49.2 Å². The first-order chi connectivity index (χ1) is 8.72. The standard InChI is InChI=1S/C14H17N3O/c1-3-17-10-9-15-13(14(17)18)16(2)11-12-7-5-4-6-8-12/h4-10H,3,11H2,1-2H3. The Hall–Kier alpha value is -2.10. The summed E-state index contributed by atoms with van der Waals surface area (Å²) >= 11 is 0. The average Bonchev–Trinajstić information content (AvgIpc) is 2.40. The number of hydrogen-bond acceptors (Lipinski definition) is 3. The van der Waals surface area contributed by atoms with Crippen molar-refractivity contribution in [2.24, 2.45) is 0 Å². The number of benzene rings is 1. The maximum absolute atomic E-state index is 12.1. The van der Waals surface area contributed by atoms with E-state index >= 15 is 0 Å². The lowest BCUT2D eigenvalue weighted by molar-refractivity contribution is 0.708. The summed E-state index contributed by atoms with van der Waals surface area (Å²) < 4.78 is 1.66. The molecule has 0 saturated carbocycles. The molecule has 4 nitrogen and oxygen atoms in total. The Morgan fingerprint density at radius 3 is 2.67 bits per heavy atom. The molecule has 0 aliphatic rings. The molecule has 0 atom stereocenters. The normalized spacial score (nSPS) is 10.3. The molecule has 18 heavy (non-hydrogen) atoms. The van der Waals surface area contributed by atoms with E-state index in [2.05, 4.69) is 4.98 Å². The van der Waals surface area contributed by atoms with Gasteiger partial charge in [0, 0.05) is 32.5 Å². The topological polar surface area (TPSA) is 38.1 Å². The van der Waals surface area contributed by atoms with E-state index in [0.29, 0.717) is 18.9 Å². The van der Waals surface area contributed by atoms with E-state index < -0.39 is 0 Å². The Bertz CT molecular complexity index is 563. The largest absolute Gasteiger partial charge is 0.351 e. The van der Waals surface area contributed by atoms with Crippen molar-refractivity contribution in [1.82, 2.24) is 9.55 Å². The molecule has 0 spiro atoms. The number of hydrogen-bond donors (Lipinski definition) is 0. The molecule has 0 radical (unpaired) electrons. The van der Waals surface area contributed by atoms with Crippen molar-refractivity contribution in [2.45, 2.75) is 20.0 Å². The molecule has 0 amide bonds. The van der Waals surface area contributed by atoms with Gasteiger partial charge in [-0.15, -0.1) is 0 Å². The van der Waals surface area contributed by atoms with Gasteiger partial charge in [-0.05, 0) is 12.5 Å². The van der Waals surface area contributed by atoms with Gasteiger partial charge in [0.15, 0.2) is 5.82 Å². The Morgan fingerprint density at radius 1 is 1.28 bits per heavy atom. The third-order valence-electron chi connectivity index (χ3n) is 2.86. The molecule has 0 aliphatic carbocycles. The van der Waals surface area contributed by atoms with Crippen LogP contribution in [-0.2, 0) is 13.1 Å². The lowest BCUT2D eigenvalue weighted by Crippen LogP contribution is -2.29. The second-order valence-corrected chi connectivity index (χ2v) is 4.18. The molecule has 0 saturated heterocycles. The van der Waals surface area contributed by atoms with Gasteiger partial charge in [-0.2, -0.15) is 0 Å². The van der Waals surface area contributed by atoms with Gasteiger partial charge in [0.25, 0.3) is 5.56 Å². The van der Waals surface area contributed by atoms with Crippen LogP contribution in [0.2, 0.25) is 0 Å². The highest BCUT2D eigenvalue weighted by Crippen LogP contribution is 2.07. The van der Waals surface area contributed by atoms with Gasteiger partial charge in [0.2, 0.25) is 0 Å². The fourth-order valence-corrected chi connectivity index (χ4v) is 1.88. The van der Waals surface area contributed by atoms with E-state index in [-0.39, 0.29) is 5.56 Å². The van der Waals surface area contributed by atoms with Crippen molar-refractivity contribution in [2.75, 3.05) is 11.9 Å². The van der Waals surface area contributed by atoms with E-state index in [9.17, 15) is 4.79 Å². The molecule has 1 heterocycles. The van der Waals surface area contributed by atoms with Crippen molar-refractivity contribution in [3.8, 4) is 0 Å². The van der Waals surface area contributed by atoms with Crippen LogP contribution in [0.5, 0.6) is 0 Å². The highest BCUT2D eigenvalue weighted by atomic mass is 16.1. The van der Waals surface area contributed by atoms with Crippen molar-refractivity contribution in [1.29, 1.82) is 0 Å². The molecule has 0 N–H and O–H groups in total. The molecule has 4 heteroatoms. The first-order valence-electron chi connectivity index (χ1n) is 6.03. The molecule has 2 aromatic rings. The fraction of sp³-hybridized carbons (Fsp3) is 0.286. The van der Waals surface area contributed by atoms with Crippen LogP contribution < -0.4 is 10.5 Å². The van der Waals surface area contributed by atoms with Crippen LogP contribution >= 0.6 is 0 Å². The predicted octanol–water partition coefficient (Wildman–Crippen LogP) is 1.90. The molecule has 0 unspecified atom stereocenters. The Kier molecular flexibility index (Phi) is 3.77. The molecule has 0 aliphatic heterocycles. The van der Waals surface area contributed by atoms with Gasteiger partial charge < -0.3 is 9.47 Å². The molecule has 1 aromatic carbocycles. The number of nitrogens with zero attached hydrogens (tertiary/aromatic N) is 3. The Labute approximate surface area is 107 Å². The van der Waals surface area contributed by atoms with E-state index in [1.165, 1.54) is 0 Å².